The van der Waals surface area contributed by atoms with Crippen LogP contribution in [0.15, 0.2) is 53.2 Å². The summed E-state index contributed by atoms with van der Waals surface area (Å²) >= 11 is 0. The van der Waals surface area contributed by atoms with Crippen molar-refractivity contribution in [1.82, 2.24) is 10.6 Å². The zero-order chi connectivity index (χ0) is 21.8. The number of aryl methyl sites for hydroxylation is 1. The summed E-state index contributed by atoms with van der Waals surface area (Å²) in [6, 6.07) is 7.31. The second-order valence-electron chi connectivity index (χ2n) is 8.06. The number of nitrogens with zero attached hydrogens (tertiary/aromatic N) is 1. The monoisotopic (exact) mass is 413 g/mol. The molecule has 0 saturated heterocycles. The predicted molar refractivity (Wildman–Crippen MR) is 115 cm³/mol. The molecule has 2 fully saturated rings. The lowest BCUT2D eigenvalue weighted by atomic mass is 9.81. The number of halogens is 1. The van der Waals surface area contributed by atoms with Crippen LogP contribution in [0.1, 0.15) is 25.3 Å². The summed E-state index contributed by atoms with van der Waals surface area (Å²) in [7, 11) is 0. The van der Waals surface area contributed by atoms with Crippen molar-refractivity contribution in [3.8, 4) is 0 Å². The summed E-state index contributed by atoms with van der Waals surface area (Å²) < 4.78 is 14.6. The third-order valence-electron chi connectivity index (χ3n) is 6.00. The van der Waals surface area contributed by atoms with Gasteiger partial charge in [0.2, 0.25) is 12.3 Å². The number of rotatable bonds is 9. The average Bonchev–Trinajstić information content (AvgIpc) is 3.24. The zero-order valence-electron chi connectivity index (χ0n) is 17.2. The molecule has 2 aliphatic carbocycles. The molecule has 1 aromatic carbocycles. The lowest BCUT2D eigenvalue weighted by molar-refractivity contribution is -0.124. The molecule has 3 rings (SSSR count). The smallest absolute Gasteiger partial charge is 0.222 e. The lowest BCUT2D eigenvalue weighted by Crippen LogP contribution is -2.52. The number of carbonyl (C=O) groups excluding carboxylic acids is 2. The van der Waals surface area contributed by atoms with Crippen molar-refractivity contribution in [3.63, 3.8) is 0 Å². The van der Waals surface area contributed by atoms with Crippen molar-refractivity contribution in [2.45, 2.75) is 38.8 Å². The number of allylic oxidation sites excluding steroid dienone is 2. The number of anilines is 1. The molecule has 7 nitrogen and oxygen atoms in total. The van der Waals surface area contributed by atoms with E-state index in [4.69, 9.17) is 5.73 Å². The first kappa shape index (κ1) is 21.5. The van der Waals surface area contributed by atoms with E-state index in [1.165, 1.54) is 0 Å². The molecule has 2 saturated carbocycles. The van der Waals surface area contributed by atoms with Gasteiger partial charge in [-0.2, -0.15) is 0 Å². The number of fused-ring (bicyclic) bond motifs is 2. The number of hydrogen-bond acceptors (Lipinski definition) is 5. The number of nitrogens with two attached hydrogens (primary N) is 1. The number of carbonyl (C=O) groups is 2. The molecule has 5 unspecified atom stereocenters. The van der Waals surface area contributed by atoms with Crippen molar-refractivity contribution in [3.05, 3.63) is 53.8 Å². The first-order valence-electron chi connectivity index (χ1n) is 9.98. The van der Waals surface area contributed by atoms with Crippen molar-refractivity contribution in [2.75, 3.05) is 5.32 Å². The minimum atomic E-state index is -0.562. The van der Waals surface area contributed by atoms with E-state index in [9.17, 15) is 14.0 Å². The Morgan fingerprint density at radius 3 is 2.80 bits per heavy atom. The van der Waals surface area contributed by atoms with Crippen molar-refractivity contribution in [2.24, 2.45) is 28.5 Å². The maximum atomic E-state index is 14.6. The largest absolute Gasteiger partial charge is 0.382 e. The third-order valence-corrected chi connectivity index (χ3v) is 6.00. The van der Waals surface area contributed by atoms with Gasteiger partial charge < -0.3 is 21.7 Å². The van der Waals surface area contributed by atoms with Gasteiger partial charge in [0, 0.05) is 29.4 Å². The maximum Gasteiger partial charge on any atom is 0.222 e. The SMILES string of the molecule is C=C(/N=C\C(F)=C(/C)NC1C2CC(CC2NC=O)C1C(N)=O)Nc1cccc(C)c1. The predicted octanol–water partition coefficient (Wildman–Crippen LogP) is 2.36. The molecule has 0 aromatic heterocycles. The fourth-order valence-corrected chi connectivity index (χ4v) is 4.72. The maximum absolute atomic E-state index is 14.6. The molecule has 0 heterocycles. The molecule has 0 radical (unpaired) electrons. The lowest BCUT2D eigenvalue weighted by Gasteiger charge is -2.35. The molecular weight excluding hydrogens is 385 g/mol. The molecule has 2 aliphatic rings. The minimum Gasteiger partial charge on any atom is -0.382 e. The third kappa shape index (κ3) is 4.69. The number of primary amides is 1. The highest BCUT2D eigenvalue weighted by Crippen LogP contribution is 2.48. The van der Waals surface area contributed by atoms with Crippen LogP contribution in [0.5, 0.6) is 0 Å². The van der Waals surface area contributed by atoms with Gasteiger partial charge in [0.25, 0.3) is 0 Å². The second kappa shape index (κ2) is 9.11. The van der Waals surface area contributed by atoms with Crippen molar-refractivity contribution < 1.29 is 14.0 Å². The quantitative estimate of drug-likeness (QED) is 0.368. The number of hydrogen-bond donors (Lipinski definition) is 4. The summed E-state index contributed by atoms with van der Waals surface area (Å²) in [5.41, 5.74) is 7.76. The molecule has 2 amide bonds. The molecule has 2 bridgehead atoms. The first-order chi connectivity index (χ1) is 14.3. The highest BCUT2D eigenvalue weighted by molar-refractivity contribution is 5.79. The van der Waals surface area contributed by atoms with E-state index in [0.29, 0.717) is 18.7 Å². The Balaban J connectivity index is 1.67. The van der Waals surface area contributed by atoms with E-state index in [1.807, 2.05) is 31.2 Å². The standard InChI is InChI=1S/C22H28FN5O2/c1-12-5-4-6-16(7-12)28-14(3)25-10-18(23)13(2)27-21-17-8-15(20(21)22(24)30)9-19(17)26-11-29/h4-7,10-11,15,17,19-21,27-28H,3,8-9H2,1-2H3,(H2,24,30)(H,26,29)/b18-13-,25-10-. The Labute approximate surface area is 175 Å². The van der Waals surface area contributed by atoms with Crippen LogP contribution in [0.25, 0.3) is 0 Å². The number of amides is 2. The summed E-state index contributed by atoms with van der Waals surface area (Å²) in [4.78, 5) is 26.9. The van der Waals surface area contributed by atoms with Gasteiger partial charge in [-0.05, 0) is 50.3 Å². The number of aliphatic imine (C=N–C) groups is 1. The summed E-state index contributed by atoms with van der Waals surface area (Å²) in [5.74, 6) is -0.943. The van der Waals surface area contributed by atoms with Gasteiger partial charge in [-0.25, -0.2) is 9.38 Å². The fourth-order valence-electron chi connectivity index (χ4n) is 4.72. The Kier molecular flexibility index (Phi) is 6.54. The molecular formula is C22H28FN5O2. The van der Waals surface area contributed by atoms with E-state index in [2.05, 4.69) is 27.5 Å². The van der Waals surface area contributed by atoms with Crippen LogP contribution < -0.4 is 21.7 Å². The highest BCUT2D eigenvalue weighted by Gasteiger charge is 2.54. The molecule has 8 heteroatoms. The van der Waals surface area contributed by atoms with Crippen LogP contribution in [0.4, 0.5) is 10.1 Å². The van der Waals surface area contributed by atoms with Gasteiger partial charge >= 0.3 is 0 Å². The number of benzene rings is 1. The Bertz CT molecular complexity index is 897. The van der Waals surface area contributed by atoms with Gasteiger partial charge in [0.15, 0.2) is 5.83 Å². The molecule has 1 aromatic rings. The Morgan fingerprint density at radius 1 is 1.37 bits per heavy atom. The van der Waals surface area contributed by atoms with Gasteiger partial charge in [0.1, 0.15) is 5.82 Å². The topological polar surface area (TPSA) is 109 Å². The normalized spacial score (nSPS) is 28.2. The molecule has 5 atom stereocenters. The molecule has 160 valence electrons. The van der Waals surface area contributed by atoms with Gasteiger partial charge in [-0.1, -0.05) is 18.7 Å². The summed E-state index contributed by atoms with van der Waals surface area (Å²) in [6.45, 7) is 7.35. The van der Waals surface area contributed by atoms with Crippen LogP contribution in [-0.4, -0.2) is 30.6 Å². The molecule has 0 spiro atoms. The van der Waals surface area contributed by atoms with E-state index in [1.54, 1.807) is 6.92 Å². The van der Waals surface area contributed by atoms with E-state index < -0.39 is 17.7 Å². The van der Waals surface area contributed by atoms with Gasteiger partial charge in [-0.15, -0.1) is 0 Å². The summed E-state index contributed by atoms with van der Waals surface area (Å²) in [6.07, 6.45) is 3.24. The Morgan fingerprint density at radius 2 is 2.13 bits per heavy atom. The summed E-state index contributed by atoms with van der Waals surface area (Å²) in [5, 5.41) is 8.93. The van der Waals surface area contributed by atoms with Gasteiger partial charge in [-0.3, -0.25) is 9.59 Å². The Hall–Kier alpha value is -3.16. The first-order valence-corrected chi connectivity index (χ1v) is 9.98. The molecule has 0 aliphatic heterocycles. The second-order valence-corrected chi connectivity index (χ2v) is 8.06. The van der Waals surface area contributed by atoms with Crippen molar-refractivity contribution in [1.29, 1.82) is 0 Å². The van der Waals surface area contributed by atoms with Crippen LogP contribution in [0.3, 0.4) is 0 Å². The van der Waals surface area contributed by atoms with E-state index in [-0.39, 0.29) is 29.6 Å². The van der Waals surface area contributed by atoms with Crippen LogP contribution in [0, 0.1) is 24.7 Å². The minimum absolute atomic E-state index is 0.0235. The van der Waals surface area contributed by atoms with E-state index >= 15 is 0 Å². The van der Waals surface area contributed by atoms with Crippen LogP contribution >= 0.6 is 0 Å². The molecule has 5 N–H and O–H groups in total. The highest BCUT2D eigenvalue weighted by atomic mass is 19.1. The van der Waals surface area contributed by atoms with Gasteiger partial charge in [0.05, 0.1) is 12.1 Å². The zero-order valence-corrected chi connectivity index (χ0v) is 17.2. The molecule has 30 heavy (non-hydrogen) atoms. The fraction of sp³-hybridized carbons (Fsp3) is 0.409. The average molecular weight is 413 g/mol. The van der Waals surface area contributed by atoms with E-state index in [0.717, 1.165) is 23.9 Å². The van der Waals surface area contributed by atoms with Crippen LogP contribution in [-0.2, 0) is 9.59 Å². The number of nitrogens with one attached hydrogen (secondary N) is 3. The van der Waals surface area contributed by atoms with Crippen molar-refractivity contribution >= 4 is 24.2 Å². The van der Waals surface area contributed by atoms with Crippen LogP contribution in [0.2, 0.25) is 0 Å².